The van der Waals surface area contributed by atoms with Gasteiger partial charge in [-0.3, -0.25) is 4.79 Å². The minimum atomic E-state index is -0.953. The van der Waals surface area contributed by atoms with Gasteiger partial charge in [0.2, 0.25) is 0 Å². The molecule has 0 fully saturated rings. The zero-order chi connectivity index (χ0) is 15.6. The maximum atomic E-state index is 13.7. The van der Waals surface area contributed by atoms with Gasteiger partial charge < -0.3 is 10.6 Å². The fourth-order valence-electron chi connectivity index (χ4n) is 1.65. The molecule has 1 aromatic heterocycles. The van der Waals surface area contributed by atoms with Crippen LogP contribution in [0.25, 0.3) is 0 Å². The zero-order valence-corrected chi connectivity index (χ0v) is 12.3. The summed E-state index contributed by atoms with van der Waals surface area (Å²) >= 11 is 2.93. The number of nitrogens with zero attached hydrogens (tertiary/aromatic N) is 1. The molecule has 0 unspecified atom stereocenters. The highest BCUT2D eigenvalue weighted by molar-refractivity contribution is 9.10. The first-order valence-corrected chi connectivity index (χ1v) is 6.51. The third kappa shape index (κ3) is 3.33. The van der Waals surface area contributed by atoms with Crippen LogP contribution in [-0.4, -0.2) is 17.9 Å². The molecular weight excluding hydrogens is 351 g/mol. The van der Waals surface area contributed by atoms with Crippen molar-refractivity contribution in [2.45, 2.75) is 0 Å². The van der Waals surface area contributed by atoms with Gasteiger partial charge in [-0.2, -0.15) is 0 Å². The molecule has 1 aromatic carbocycles. The van der Waals surface area contributed by atoms with Gasteiger partial charge in [-0.15, -0.1) is 0 Å². The van der Waals surface area contributed by atoms with Crippen LogP contribution in [-0.2, 0) is 0 Å². The van der Waals surface area contributed by atoms with Gasteiger partial charge >= 0.3 is 0 Å². The molecule has 0 atom stereocenters. The molecule has 0 radical (unpaired) electrons. The monoisotopic (exact) mass is 359 g/mol. The van der Waals surface area contributed by atoms with Gasteiger partial charge in [-0.25, -0.2) is 18.2 Å². The van der Waals surface area contributed by atoms with Crippen molar-refractivity contribution in [1.29, 1.82) is 0 Å². The van der Waals surface area contributed by atoms with E-state index in [1.54, 1.807) is 0 Å². The molecule has 4 nitrogen and oxygen atoms in total. The van der Waals surface area contributed by atoms with E-state index in [2.05, 4.69) is 31.5 Å². The Morgan fingerprint density at radius 3 is 2.38 bits per heavy atom. The Bertz CT molecular complexity index is 686. The molecule has 0 saturated heterocycles. The van der Waals surface area contributed by atoms with E-state index in [-0.39, 0.29) is 15.9 Å². The highest BCUT2D eigenvalue weighted by Gasteiger charge is 2.18. The van der Waals surface area contributed by atoms with Crippen LogP contribution in [0.3, 0.4) is 0 Å². The molecule has 0 bridgehead atoms. The molecule has 1 heterocycles. The van der Waals surface area contributed by atoms with Crippen LogP contribution in [0.1, 0.15) is 10.4 Å². The van der Waals surface area contributed by atoms with Crippen molar-refractivity contribution in [1.82, 2.24) is 4.98 Å². The molecule has 1 amide bonds. The summed E-state index contributed by atoms with van der Waals surface area (Å²) in [4.78, 5) is 15.7. The number of pyridine rings is 1. The predicted molar refractivity (Wildman–Crippen MR) is 75.8 cm³/mol. The molecule has 0 saturated carbocycles. The van der Waals surface area contributed by atoms with Crippen LogP contribution < -0.4 is 10.6 Å². The van der Waals surface area contributed by atoms with E-state index < -0.39 is 29.0 Å². The molecule has 8 heteroatoms. The lowest BCUT2D eigenvalue weighted by molar-refractivity contribution is 0.102. The number of carbonyl (C=O) groups excluding carboxylic acids is 1. The number of carbonyl (C=O) groups is 1. The van der Waals surface area contributed by atoms with Crippen LogP contribution in [0.2, 0.25) is 0 Å². The lowest BCUT2D eigenvalue weighted by atomic mass is 10.2. The topological polar surface area (TPSA) is 54.0 Å². The van der Waals surface area contributed by atoms with E-state index >= 15 is 0 Å². The number of halogens is 4. The normalized spacial score (nSPS) is 10.3. The average Bonchev–Trinajstić information content (AvgIpc) is 2.42. The summed E-state index contributed by atoms with van der Waals surface area (Å²) in [5.41, 5.74) is -0.784. The van der Waals surface area contributed by atoms with Gasteiger partial charge in [-0.1, -0.05) is 15.9 Å². The van der Waals surface area contributed by atoms with Gasteiger partial charge in [0.15, 0.2) is 11.6 Å². The molecule has 21 heavy (non-hydrogen) atoms. The van der Waals surface area contributed by atoms with Crippen molar-refractivity contribution in [2.75, 3.05) is 17.7 Å². The van der Waals surface area contributed by atoms with Crippen LogP contribution in [0, 0.1) is 17.5 Å². The highest BCUT2D eigenvalue weighted by Crippen LogP contribution is 2.25. The van der Waals surface area contributed by atoms with E-state index in [1.165, 1.54) is 7.05 Å². The SMILES string of the molecule is CNc1ncc(F)cc1C(=O)Nc1c(F)cc(Br)cc1F. The van der Waals surface area contributed by atoms with Crippen molar-refractivity contribution in [3.05, 3.63) is 51.9 Å². The number of rotatable bonds is 3. The second-order valence-corrected chi connectivity index (χ2v) is 4.91. The summed E-state index contributed by atoms with van der Waals surface area (Å²) in [6.07, 6.45) is 0.920. The first-order valence-electron chi connectivity index (χ1n) is 5.71. The fraction of sp³-hybridized carbons (Fsp3) is 0.0769. The molecule has 2 aromatic rings. The molecule has 110 valence electrons. The van der Waals surface area contributed by atoms with E-state index in [1.807, 2.05) is 0 Å². The summed E-state index contributed by atoms with van der Waals surface area (Å²) in [7, 11) is 1.48. The number of anilines is 2. The largest absolute Gasteiger partial charge is 0.372 e. The van der Waals surface area contributed by atoms with Crippen molar-refractivity contribution in [3.8, 4) is 0 Å². The van der Waals surface area contributed by atoms with Gasteiger partial charge in [-0.05, 0) is 18.2 Å². The number of aromatic nitrogens is 1. The summed E-state index contributed by atoms with van der Waals surface area (Å²) in [5, 5.41) is 4.66. The third-order valence-corrected chi connectivity index (χ3v) is 3.04. The van der Waals surface area contributed by atoms with Gasteiger partial charge in [0.1, 0.15) is 17.3 Å². The van der Waals surface area contributed by atoms with Crippen LogP contribution in [0.15, 0.2) is 28.9 Å². The van der Waals surface area contributed by atoms with Crippen molar-refractivity contribution in [3.63, 3.8) is 0 Å². The molecule has 2 N–H and O–H groups in total. The summed E-state index contributed by atoms with van der Waals surface area (Å²) in [6.45, 7) is 0. The Labute approximate surface area is 126 Å². The maximum absolute atomic E-state index is 13.7. The van der Waals surface area contributed by atoms with Gasteiger partial charge in [0.25, 0.3) is 5.91 Å². The fourth-order valence-corrected chi connectivity index (χ4v) is 2.06. The van der Waals surface area contributed by atoms with Crippen LogP contribution in [0.5, 0.6) is 0 Å². The summed E-state index contributed by atoms with van der Waals surface area (Å²) in [6, 6.07) is 2.92. The Morgan fingerprint density at radius 2 is 1.81 bits per heavy atom. The quantitative estimate of drug-likeness (QED) is 0.880. The molecule has 0 aliphatic rings. The lowest BCUT2D eigenvalue weighted by Crippen LogP contribution is -2.17. The number of nitrogens with one attached hydrogen (secondary N) is 2. The highest BCUT2D eigenvalue weighted by atomic mass is 79.9. The maximum Gasteiger partial charge on any atom is 0.259 e. The first kappa shape index (κ1) is 15.3. The molecule has 2 rings (SSSR count). The van der Waals surface area contributed by atoms with Gasteiger partial charge in [0.05, 0.1) is 11.8 Å². The Balaban J connectivity index is 2.37. The Kier molecular flexibility index (Phi) is 4.46. The van der Waals surface area contributed by atoms with Gasteiger partial charge in [0, 0.05) is 11.5 Å². The van der Waals surface area contributed by atoms with E-state index in [0.29, 0.717) is 0 Å². The standard InChI is InChI=1S/C13H9BrF3N3O/c1-18-12-8(4-7(15)5-19-12)13(21)20-11-9(16)2-6(14)3-10(11)17/h2-5H,1H3,(H,18,19)(H,20,21). The molecular formula is C13H9BrF3N3O. The summed E-state index contributed by atoms with van der Waals surface area (Å²) in [5.74, 6) is -3.44. The van der Waals surface area contributed by atoms with E-state index in [4.69, 9.17) is 0 Å². The lowest BCUT2D eigenvalue weighted by Gasteiger charge is -2.10. The Hall–Kier alpha value is -2.09. The van der Waals surface area contributed by atoms with Crippen LogP contribution in [0.4, 0.5) is 24.7 Å². The van der Waals surface area contributed by atoms with E-state index in [9.17, 15) is 18.0 Å². The number of hydrogen-bond acceptors (Lipinski definition) is 3. The zero-order valence-electron chi connectivity index (χ0n) is 10.7. The smallest absolute Gasteiger partial charge is 0.259 e. The minimum absolute atomic E-state index is 0.0897. The Morgan fingerprint density at radius 1 is 1.19 bits per heavy atom. The molecule has 0 aliphatic carbocycles. The van der Waals surface area contributed by atoms with Crippen molar-refractivity contribution < 1.29 is 18.0 Å². The van der Waals surface area contributed by atoms with E-state index in [0.717, 1.165) is 24.4 Å². The number of hydrogen-bond donors (Lipinski definition) is 2. The molecule has 0 spiro atoms. The van der Waals surface area contributed by atoms with Crippen LogP contribution >= 0.6 is 15.9 Å². The average molecular weight is 360 g/mol. The second kappa shape index (κ2) is 6.13. The second-order valence-electron chi connectivity index (χ2n) is 4.00. The minimum Gasteiger partial charge on any atom is -0.372 e. The van der Waals surface area contributed by atoms with Crippen molar-refractivity contribution in [2.24, 2.45) is 0 Å². The number of benzene rings is 1. The summed E-state index contributed by atoms with van der Waals surface area (Å²) < 4.78 is 40.7. The molecule has 0 aliphatic heterocycles. The van der Waals surface area contributed by atoms with Crippen molar-refractivity contribution >= 4 is 33.3 Å². The predicted octanol–water partition coefficient (Wildman–Crippen LogP) is 3.56. The third-order valence-electron chi connectivity index (χ3n) is 2.58. The first-order chi connectivity index (χ1) is 9.92. The number of amides is 1.